The Hall–Kier alpha value is -3.18. The van der Waals surface area contributed by atoms with Crippen LogP contribution in [0.3, 0.4) is 0 Å². The molecule has 0 saturated carbocycles. The van der Waals surface area contributed by atoms with E-state index in [1.54, 1.807) is 12.3 Å². The molecule has 1 aromatic carbocycles. The maximum Gasteiger partial charge on any atom is 0.273 e. The summed E-state index contributed by atoms with van der Waals surface area (Å²) < 4.78 is 11.7. The van der Waals surface area contributed by atoms with Crippen molar-refractivity contribution >= 4 is 40.6 Å². The number of nitrogens with two attached hydrogens (primary N) is 2. The minimum atomic E-state index is -0.768. The largest absolute Gasteiger partial charge is 0.497 e. The average molecular weight is 505 g/mol. The highest BCUT2D eigenvalue weighted by atomic mass is 35.5. The van der Waals surface area contributed by atoms with Gasteiger partial charge in [0.05, 0.1) is 46.9 Å². The number of methoxy groups -OCH3 is 1. The van der Waals surface area contributed by atoms with Gasteiger partial charge in [-0.25, -0.2) is 4.98 Å². The number of nitrogens with zero attached hydrogens (tertiary/aromatic N) is 3. The summed E-state index contributed by atoms with van der Waals surface area (Å²) in [7, 11) is 1.46. The molecule has 1 amide bonds. The first-order valence-electron chi connectivity index (χ1n) is 10.3. The molecule has 3 aromatic rings. The highest BCUT2D eigenvalue weighted by Gasteiger charge is 2.31. The first-order valence-corrected chi connectivity index (χ1v) is 11.0. The number of halogens is 2. The van der Waals surface area contributed by atoms with Crippen LogP contribution in [0.1, 0.15) is 28.8 Å². The van der Waals surface area contributed by atoms with E-state index in [9.17, 15) is 9.59 Å². The lowest BCUT2D eigenvalue weighted by molar-refractivity contribution is 0.0366. The van der Waals surface area contributed by atoms with Crippen LogP contribution in [0.5, 0.6) is 5.75 Å². The van der Waals surface area contributed by atoms with Gasteiger partial charge in [-0.05, 0) is 24.5 Å². The maximum absolute atomic E-state index is 13.2. The number of ether oxygens (including phenoxy) is 2. The lowest BCUT2D eigenvalue weighted by atomic mass is 9.87. The molecule has 0 spiro atoms. The molecule has 2 aromatic heterocycles. The van der Waals surface area contributed by atoms with Crippen LogP contribution in [0.2, 0.25) is 10.0 Å². The lowest BCUT2D eigenvalue weighted by Gasteiger charge is -2.33. The second kappa shape index (κ2) is 9.59. The SMILES string of the molecule is COc1cc(Cl)c(-n2cnc(N)c(C(=O)Nc3cncc([C@@]4(N)CCCOC4)c3)c2=O)c(Cl)c1. The van der Waals surface area contributed by atoms with Crippen molar-refractivity contribution in [2.24, 2.45) is 5.73 Å². The van der Waals surface area contributed by atoms with Gasteiger partial charge in [-0.2, -0.15) is 0 Å². The van der Waals surface area contributed by atoms with E-state index in [0.29, 0.717) is 30.2 Å². The number of rotatable bonds is 5. The second-order valence-electron chi connectivity index (χ2n) is 7.85. The van der Waals surface area contributed by atoms with Crippen LogP contribution >= 0.6 is 23.2 Å². The predicted molar refractivity (Wildman–Crippen MR) is 129 cm³/mol. The Morgan fingerprint density at radius 2 is 2.00 bits per heavy atom. The van der Waals surface area contributed by atoms with Crippen LogP contribution in [0.4, 0.5) is 11.5 Å². The molecule has 10 nitrogen and oxygen atoms in total. The number of nitrogen functional groups attached to an aromatic ring is 1. The maximum atomic E-state index is 13.2. The first kappa shape index (κ1) is 24.0. The number of carbonyl (C=O) groups excluding carboxylic acids is 1. The van der Waals surface area contributed by atoms with E-state index >= 15 is 0 Å². The summed E-state index contributed by atoms with van der Waals surface area (Å²) >= 11 is 12.6. The molecule has 12 heteroatoms. The fourth-order valence-electron chi connectivity index (χ4n) is 3.75. The molecule has 1 aliphatic heterocycles. The fourth-order valence-corrected chi connectivity index (χ4v) is 4.40. The molecule has 0 bridgehead atoms. The van der Waals surface area contributed by atoms with E-state index in [2.05, 4.69) is 15.3 Å². The van der Waals surface area contributed by atoms with E-state index in [1.165, 1.54) is 25.4 Å². The van der Waals surface area contributed by atoms with Crippen molar-refractivity contribution in [1.29, 1.82) is 0 Å². The van der Waals surface area contributed by atoms with Crippen LogP contribution in [-0.4, -0.2) is 40.8 Å². The first-order chi connectivity index (χ1) is 16.2. The fraction of sp³-hybridized carbons (Fsp3) is 0.273. The van der Waals surface area contributed by atoms with Gasteiger partial charge in [0.15, 0.2) is 0 Å². The standard InChI is InChI=1S/C22H22Cl2N6O4/c1-33-14-6-15(23)18(16(24)7-14)30-11-28-19(25)17(21(30)32)20(31)29-13-5-12(8-27-9-13)22(26)3-2-4-34-10-22/h5-9,11H,2-4,10,25-26H2,1H3,(H,29,31)/t22-/m1/s1. The molecule has 4 rings (SSSR count). The molecular formula is C22H22Cl2N6O4. The van der Waals surface area contributed by atoms with Gasteiger partial charge in [-0.1, -0.05) is 23.2 Å². The van der Waals surface area contributed by atoms with Crippen LogP contribution < -0.4 is 27.1 Å². The molecule has 1 atom stereocenters. The number of carbonyl (C=O) groups is 1. The predicted octanol–water partition coefficient (Wildman–Crippen LogP) is 2.74. The van der Waals surface area contributed by atoms with Gasteiger partial charge in [-0.3, -0.25) is 19.1 Å². The van der Waals surface area contributed by atoms with Gasteiger partial charge >= 0.3 is 0 Å². The highest BCUT2D eigenvalue weighted by Crippen LogP contribution is 2.33. The Morgan fingerprint density at radius 3 is 2.65 bits per heavy atom. The Labute approximate surface area is 204 Å². The van der Waals surface area contributed by atoms with Crippen molar-refractivity contribution in [1.82, 2.24) is 14.5 Å². The molecule has 0 aliphatic carbocycles. The zero-order valence-electron chi connectivity index (χ0n) is 18.2. The molecule has 178 valence electrons. The number of anilines is 2. The Kier molecular flexibility index (Phi) is 6.76. The Morgan fingerprint density at radius 1 is 1.26 bits per heavy atom. The number of nitrogens with one attached hydrogen (secondary N) is 1. The van der Waals surface area contributed by atoms with Crippen molar-refractivity contribution < 1.29 is 14.3 Å². The number of hydrogen-bond acceptors (Lipinski definition) is 8. The summed E-state index contributed by atoms with van der Waals surface area (Å²) in [5, 5.41) is 2.90. The van der Waals surface area contributed by atoms with Gasteiger partial charge in [0.25, 0.3) is 11.5 Å². The third kappa shape index (κ3) is 4.58. The molecule has 0 radical (unpaired) electrons. The van der Waals surface area contributed by atoms with E-state index in [-0.39, 0.29) is 27.1 Å². The zero-order valence-corrected chi connectivity index (χ0v) is 19.7. The van der Waals surface area contributed by atoms with Gasteiger partial charge in [-0.15, -0.1) is 0 Å². The number of aromatic nitrogens is 3. The second-order valence-corrected chi connectivity index (χ2v) is 8.66. The highest BCUT2D eigenvalue weighted by molar-refractivity contribution is 6.38. The lowest BCUT2D eigenvalue weighted by Crippen LogP contribution is -2.44. The normalized spacial score (nSPS) is 17.9. The van der Waals surface area contributed by atoms with E-state index < -0.39 is 17.0 Å². The summed E-state index contributed by atoms with van der Waals surface area (Å²) in [4.78, 5) is 34.4. The van der Waals surface area contributed by atoms with Crippen LogP contribution in [-0.2, 0) is 10.3 Å². The third-order valence-corrected chi connectivity index (χ3v) is 6.11. The number of benzene rings is 1. The number of amides is 1. The van der Waals surface area contributed by atoms with Gasteiger partial charge in [0.2, 0.25) is 0 Å². The van der Waals surface area contributed by atoms with Crippen LogP contribution in [0.25, 0.3) is 5.69 Å². The number of hydrogen-bond donors (Lipinski definition) is 3. The van der Waals surface area contributed by atoms with Crippen molar-refractivity contribution in [2.75, 3.05) is 31.4 Å². The minimum Gasteiger partial charge on any atom is -0.497 e. The zero-order chi connectivity index (χ0) is 24.5. The molecule has 0 unspecified atom stereocenters. The molecule has 3 heterocycles. The van der Waals surface area contributed by atoms with Crippen molar-refractivity contribution in [3.05, 3.63) is 68.4 Å². The average Bonchev–Trinajstić information content (AvgIpc) is 2.80. The quantitative estimate of drug-likeness (QED) is 0.480. The molecule has 1 aliphatic rings. The van der Waals surface area contributed by atoms with Crippen molar-refractivity contribution in [3.63, 3.8) is 0 Å². The minimum absolute atomic E-state index is 0.129. The summed E-state index contributed by atoms with van der Waals surface area (Å²) in [5.41, 5.74) is 11.7. The number of pyridine rings is 1. The van der Waals surface area contributed by atoms with E-state index in [1.807, 2.05) is 0 Å². The van der Waals surface area contributed by atoms with Crippen LogP contribution in [0.15, 0.2) is 41.7 Å². The molecule has 5 N–H and O–H groups in total. The molecular weight excluding hydrogens is 483 g/mol. The summed E-state index contributed by atoms with van der Waals surface area (Å²) in [5.74, 6) is -0.615. The molecule has 34 heavy (non-hydrogen) atoms. The molecule has 1 saturated heterocycles. The smallest absolute Gasteiger partial charge is 0.273 e. The summed E-state index contributed by atoms with van der Waals surface area (Å²) in [6.45, 7) is 0.993. The Bertz CT molecular complexity index is 1280. The van der Waals surface area contributed by atoms with E-state index in [0.717, 1.165) is 23.7 Å². The van der Waals surface area contributed by atoms with Crippen LogP contribution in [0, 0.1) is 0 Å². The van der Waals surface area contributed by atoms with Crippen molar-refractivity contribution in [3.8, 4) is 11.4 Å². The Balaban J connectivity index is 1.68. The van der Waals surface area contributed by atoms with Crippen molar-refractivity contribution in [2.45, 2.75) is 18.4 Å². The van der Waals surface area contributed by atoms with Gasteiger partial charge in [0.1, 0.15) is 23.5 Å². The monoisotopic (exact) mass is 504 g/mol. The third-order valence-electron chi connectivity index (χ3n) is 5.54. The molecule has 1 fully saturated rings. The van der Waals surface area contributed by atoms with Gasteiger partial charge in [0, 0.05) is 24.9 Å². The van der Waals surface area contributed by atoms with E-state index in [4.69, 9.17) is 44.1 Å². The topological polar surface area (TPSA) is 147 Å². The summed E-state index contributed by atoms with van der Waals surface area (Å²) in [6.07, 6.45) is 5.75. The summed E-state index contributed by atoms with van der Waals surface area (Å²) in [6, 6.07) is 4.67. The van der Waals surface area contributed by atoms with Gasteiger partial charge < -0.3 is 26.3 Å².